The Kier molecular flexibility index (Phi) is 4.56. The molecule has 0 bridgehead atoms. The van der Waals surface area contributed by atoms with Gasteiger partial charge in [0.05, 0.1) is 0 Å². The van der Waals surface area contributed by atoms with Gasteiger partial charge in [-0.25, -0.2) is 9.97 Å². The number of anilines is 1. The zero-order valence-corrected chi connectivity index (χ0v) is 10.8. The maximum Gasteiger partial charge on any atom is 0.137 e. The van der Waals surface area contributed by atoms with Gasteiger partial charge < -0.3 is 10.8 Å². The van der Waals surface area contributed by atoms with Crippen LogP contribution in [0.25, 0.3) is 0 Å². The lowest BCUT2D eigenvalue weighted by Crippen LogP contribution is -2.17. The van der Waals surface area contributed by atoms with E-state index in [1.807, 2.05) is 0 Å². The van der Waals surface area contributed by atoms with Gasteiger partial charge >= 0.3 is 0 Å². The molecular weight excluding hydrogens is 222 g/mol. The summed E-state index contributed by atoms with van der Waals surface area (Å²) in [4.78, 5) is 8.70. The first kappa shape index (κ1) is 13.3. The number of nitrogens with zero attached hydrogens (tertiary/aromatic N) is 2. The minimum Gasteiger partial charge on any atom is -0.396 e. The molecule has 3 N–H and O–H groups in total. The predicted octanol–water partition coefficient (Wildman–Crippen LogP) is 1.83. The second kappa shape index (κ2) is 5.50. The van der Waals surface area contributed by atoms with Crippen molar-refractivity contribution in [1.29, 1.82) is 0 Å². The highest BCUT2D eigenvalue weighted by atomic mass is 32.2. The van der Waals surface area contributed by atoms with Crippen LogP contribution in [0.15, 0.2) is 11.1 Å². The zero-order chi connectivity index (χ0) is 12.2. The fourth-order valence-corrected chi connectivity index (χ4v) is 1.93. The van der Waals surface area contributed by atoms with Crippen molar-refractivity contribution in [2.75, 3.05) is 18.1 Å². The molecule has 0 aliphatic carbocycles. The van der Waals surface area contributed by atoms with Crippen molar-refractivity contribution in [3.05, 3.63) is 11.9 Å². The monoisotopic (exact) mass is 241 g/mol. The van der Waals surface area contributed by atoms with Crippen molar-refractivity contribution in [2.45, 2.75) is 37.6 Å². The van der Waals surface area contributed by atoms with Crippen LogP contribution in [0.4, 0.5) is 5.82 Å². The lowest BCUT2D eigenvalue weighted by Gasteiger charge is -2.17. The smallest absolute Gasteiger partial charge is 0.137 e. The van der Waals surface area contributed by atoms with E-state index in [1.54, 1.807) is 17.8 Å². The Hall–Kier alpha value is -0.810. The Labute approximate surface area is 101 Å². The molecule has 0 radical (unpaired) electrons. The molecule has 0 saturated carbocycles. The summed E-state index contributed by atoms with van der Waals surface area (Å²) in [5, 5.41) is 9.59. The maximum absolute atomic E-state index is 8.71. The third-order valence-corrected chi connectivity index (χ3v) is 2.94. The standard InChI is InChI=1S/C11H19N3OS/c1-11(2,3)10-13-8(12)7-9(14-10)16-6-4-5-15/h7,15H,4-6H2,1-3H3,(H2,12,13,14). The second-order valence-electron chi connectivity index (χ2n) is 4.63. The van der Waals surface area contributed by atoms with Crippen LogP contribution in [0, 0.1) is 0 Å². The number of nitrogens with two attached hydrogens (primary N) is 1. The van der Waals surface area contributed by atoms with Gasteiger partial charge in [0.15, 0.2) is 0 Å². The van der Waals surface area contributed by atoms with E-state index in [4.69, 9.17) is 10.8 Å². The van der Waals surface area contributed by atoms with Crippen LogP contribution in [-0.2, 0) is 5.41 Å². The molecule has 0 saturated heterocycles. The molecule has 0 aliphatic rings. The summed E-state index contributed by atoms with van der Waals surface area (Å²) < 4.78 is 0. The molecule has 1 heterocycles. The highest BCUT2D eigenvalue weighted by Crippen LogP contribution is 2.24. The van der Waals surface area contributed by atoms with E-state index in [9.17, 15) is 0 Å². The Balaban J connectivity index is 2.82. The number of rotatable bonds is 4. The van der Waals surface area contributed by atoms with Crippen molar-refractivity contribution in [2.24, 2.45) is 0 Å². The fraction of sp³-hybridized carbons (Fsp3) is 0.636. The quantitative estimate of drug-likeness (QED) is 0.478. The average molecular weight is 241 g/mol. The molecule has 0 amide bonds. The third kappa shape index (κ3) is 3.98. The molecule has 0 unspecified atom stereocenters. The first-order valence-corrected chi connectivity index (χ1v) is 6.31. The van der Waals surface area contributed by atoms with Gasteiger partial charge in [-0.2, -0.15) is 0 Å². The van der Waals surface area contributed by atoms with Crippen molar-refractivity contribution < 1.29 is 5.11 Å². The Morgan fingerprint density at radius 1 is 1.38 bits per heavy atom. The highest BCUT2D eigenvalue weighted by molar-refractivity contribution is 7.99. The van der Waals surface area contributed by atoms with E-state index in [0.717, 1.165) is 23.0 Å². The Bertz CT molecular complexity index is 350. The van der Waals surface area contributed by atoms with E-state index in [0.29, 0.717) is 5.82 Å². The molecule has 0 atom stereocenters. The molecule has 0 aliphatic heterocycles. The molecule has 1 rings (SSSR count). The van der Waals surface area contributed by atoms with Crippen LogP contribution in [0.3, 0.4) is 0 Å². The molecule has 90 valence electrons. The summed E-state index contributed by atoms with van der Waals surface area (Å²) in [5.74, 6) is 2.11. The normalized spacial score (nSPS) is 11.8. The molecule has 16 heavy (non-hydrogen) atoms. The van der Waals surface area contributed by atoms with Gasteiger partial charge in [0.2, 0.25) is 0 Å². The van der Waals surface area contributed by atoms with Gasteiger partial charge in [0.1, 0.15) is 16.7 Å². The Morgan fingerprint density at radius 3 is 2.62 bits per heavy atom. The largest absolute Gasteiger partial charge is 0.396 e. The number of hydrogen-bond acceptors (Lipinski definition) is 5. The summed E-state index contributed by atoms with van der Waals surface area (Å²) in [6, 6.07) is 1.78. The van der Waals surface area contributed by atoms with E-state index < -0.39 is 0 Å². The number of nitrogen functional groups attached to an aromatic ring is 1. The van der Waals surface area contributed by atoms with Gasteiger partial charge in [0, 0.05) is 23.8 Å². The fourth-order valence-electron chi connectivity index (χ4n) is 1.09. The van der Waals surface area contributed by atoms with Gasteiger partial charge in [-0.15, -0.1) is 11.8 Å². The number of hydrogen-bond donors (Lipinski definition) is 2. The van der Waals surface area contributed by atoms with Gasteiger partial charge in [-0.1, -0.05) is 20.8 Å². The van der Waals surface area contributed by atoms with Crippen molar-refractivity contribution in [3.63, 3.8) is 0 Å². The van der Waals surface area contributed by atoms with E-state index in [-0.39, 0.29) is 12.0 Å². The summed E-state index contributed by atoms with van der Waals surface area (Å²) in [6.07, 6.45) is 0.763. The lowest BCUT2D eigenvalue weighted by molar-refractivity contribution is 0.296. The lowest BCUT2D eigenvalue weighted by atomic mass is 9.96. The predicted molar refractivity (Wildman–Crippen MR) is 67.6 cm³/mol. The van der Waals surface area contributed by atoms with Crippen LogP contribution in [-0.4, -0.2) is 27.4 Å². The van der Waals surface area contributed by atoms with Crippen LogP contribution in [0.2, 0.25) is 0 Å². The van der Waals surface area contributed by atoms with Crippen molar-refractivity contribution >= 4 is 17.6 Å². The molecule has 1 aromatic heterocycles. The van der Waals surface area contributed by atoms with E-state index >= 15 is 0 Å². The molecule has 1 aromatic rings. The highest BCUT2D eigenvalue weighted by Gasteiger charge is 2.18. The van der Waals surface area contributed by atoms with Crippen LogP contribution >= 0.6 is 11.8 Å². The number of aliphatic hydroxyl groups is 1. The summed E-state index contributed by atoms with van der Waals surface area (Å²) >= 11 is 1.60. The van der Waals surface area contributed by atoms with E-state index in [2.05, 4.69) is 30.7 Å². The number of aromatic nitrogens is 2. The maximum atomic E-state index is 8.71. The molecule has 0 fully saturated rings. The molecule has 5 heteroatoms. The third-order valence-electron chi connectivity index (χ3n) is 1.95. The average Bonchev–Trinajstić information content (AvgIpc) is 2.16. The zero-order valence-electron chi connectivity index (χ0n) is 10.0. The summed E-state index contributed by atoms with van der Waals surface area (Å²) in [6.45, 7) is 6.39. The number of thioether (sulfide) groups is 1. The van der Waals surface area contributed by atoms with Gasteiger partial charge in [0.25, 0.3) is 0 Å². The van der Waals surface area contributed by atoms with Gasteiger partial charge in [-0.05, 0) is 6.42 Å². The first-order valence-electron chi connectivity index (χ1n) is 5.32. The second-order valence-corrected chi connectivity index (χ2v) is 5.75. The summed E-state index contributed by atoms with van der Waals surface area (Å²) in [7, 11) is 0. The van der Waals surface area contributed by atoms with E-state index in [1.165, 1.54) is 0 Å². The van der Waals surface area contributed by atoms with Crippen LogP contribution in [0.1, 0.15) is 33.0 Å². The first-order chi connectivity index (χ1) is 7.43. The minimum absolute atomic E-state index is 0.0956. The summed E-state index contributed by atoms with van der Waals surface area (Å²) in [5.41, 5.74) is 5.65. The van der Waals surface area contributed by atoms with Gasteiger partial charge in [-0.3, -0.25) is 0 Å². The van der Waals surface area contributed by atoms with Crippen molar-refractivity contribution in [1.82, 2.24) is 9.97 Å². The van der Waals surface area contributed by atoms with Crippen molar-refractivity contribution in [3.8, 4) is 0 Å². The van der Waals surface area contributed by atoms with Crippen LogP contribution < -0.4 is 5.73 Å². The van der Waals surface area contributed by atoms with Crippen LogP contribution in [0.5, 0.6) is 0 Å². The molecule has 0 spiro atoms. The molecule has 0 aromatic carbocycles. The number of aliphatic hydroxyl groups excluding tert-OH is 1. The molecule has 4 nitrogen and oxygen atoms in total. The molecular formula is C11H19N3OS. The Morgan fingerprint density at radius 2 is 2.06 bits per heavy atom. The topological polar surface area (TPSA) is 72.0 Å². The minimum atomic E-state index is -0.0956. The SMILES string of the molecule is CC(C)(C)c1nc(N)cc(SCCCO)n1.